The molecule has 3 aromatic carbocycles. The van der Waals surface area contributed by atoms with Gasteiger partial charge in [-0.25, -0.2) is 5.43 Å². The van der Waals surface area contributed by atoms with E-state index in [9.17, 15) is 0 Å². The van der Waals surface area contributed by atoms with Crippen LogP contribution in [-0.4, -0.2) is 47.5 Å². The van der Waals surface area contributed by atoms with Crippen LogP contribution in [0.3, 0.4) is 0 Å². The molecule has 2 heterocycles. The number of hydrogen-bond acceptors (Lipinski definition) is 8. The summed E-state index contributed by atoms with van der Waals surface area (Å²) in [5.41, 5.74) is 6.09. The van der Waals surface area contributed by atoms with Crippen LogP contribution in [0.1, 0.15) is 11.1 Å². The number of aromatic nitrogens is 3. The second-order valence-corrected chi connectivity index (χ2v) is 7.81. The van der Waals surface area contributed by atoms with Crippen LogP contribution in [0.25, 0.3) is 10.8 Å². The maximum absolute atomic E-state index is 5.48. The average Bonchev–Trinajstić information content (AvgIpc) is 2.86. The van der Waals surface area contributed by atoms with Crippen molar-refractivity contribution in [1.29, 1.82) is 0 Å². The van der Waals surface area contributed by atoms with E-state index in [-0.39, 0.29) is 0 Å². The van der Waals surface area contributed by atoms with E-state index in [1.165, 1.54) is 5.56 Å². The van der Waals surface area contributed by atoms with Crippen LogP contribution in [0.2, 0.25) is 0 Å². The van der Waals surface area contributed by atoms with Gasteiger partial charge in [-0.05, 0) is 23.9 Å². The Labute approximate surface area is 192 Å². The van der Waals surface area contributed by atoms with Gasteiger partial charge in [-0.2, -0.15) is 20.1 Å². The third kappa shape index (κ3) is 5.07. The molecule has 4 aromatic rings. The van der Waals surface area contributed by atoms with Crippen molar-refractivity contribution in [2.24, 2.45) is 5.10 Å². The van der Waals surface area contributed by atoms with Crippen LogP contribution in [-0.2, 0) is 4.74 Å². The maximum atomic E-state index is 5.48. The summed E-state index contributed by atoms with van der Waals surface area (Å²) in [6.45, 7) is 4.80. The number of nitrogens with zero attached hydrogens (tertiary/aromatic N) is 5. The van der Waals surface area contributed by atoms with Crippen LogP contribution < -0.4 is 15.6 Å². The fourth-order valence-electron chi connectivity index (χ4n) is 3.65. The molecule has 0 bridgehead atoms. The maximum Gasteiger partial charge on any atom is 0.250 e. The molecule has 0 spiro atoms. The summed E-state index contributed by atoms with van der Waals surface area (Å²) in [7, 11) is 0. The van der Waals surface area contributed by atoms with Gasteiger partial charge in [0.1, 0.15) is 0 Å². The van der Waals surface area contributed by atoms with Gasteiger partial charge >= 0.3 is 0 Å². The first-order chi connectivity index (χ1) is 16.2. The van der Waals surface area contributed by atoms with Gasteiger partial charge in [0.05, 0.1) is 19.4 Å². The molecular weight excluding hydrogens is 414 g/mol. The van der Waals surface area contributed by atoms with Crippen molar-refractivity contribution in [3.8, 4) is 0 Å². The first kappa shape index (κ1) is 20.8. The Morgan fingerprint density at radius 2 is 1.64 bits per heavy atom. The number of hydrazone groups is 1. The molecule has 8 heteroatoms. The standard InChI is InChI=1S/C25H25N7O/c1-18-9-11-19(12-10-18)17-26-31-24-28-23(29-25(30-24)32-13-15-33-16-14-32)27-22-8-4-6-20-5-2-3-7-21(20)22/h2-12,17H,13-16H2,1H3,(H2,27,28,29,30,31). The molecule has 0 unspecified atom stereocenters. The zero-order valence-electron chi connectivity index (χ0n) is 18.4. The summed E-state index contributed by atoms with van der Waals surface area (Å²) in [5.74, 6) is 1.41. The minimum atomic E-state index is 0.373. The molecule has 33 heavy (non-hydrogen) atoms. The first-order valence-corrected chi connectivity index (χ1v) is 10.9. The Hall–Kier alpha value is -4.04. The third-order valence-electron chi connectivity index (χ3n) is 5.41. The molecule has 0 aliphatic carbocycles. The Morgan fingerprint density at radius 3 is 2.48 bits per heavy atom. The molecule has 1 aliphatic rings. The lowest BCUT2D eigenvalue weighted by molar-refractivity contribution is 0.122. The number of morpholine rings is 1. The van der Waals surface area contributed by atoms with Gasteiger partial charge < -0.3 is 15.0 Å². The lowest BCUT2D eigenvalue weighted by atomic mass is 10.1. The normalized spacial score (nSPS) is 14.0. The minimum Gasteiger partial charge on any atom is -0.378 e. The van der Waals surface area contributed by atoms with E-state index in [0.29, 0.717) is 31.1 Å². The molecule has 1 fully saturated rings. The van der Waals surface area contributed by atoms with Gasteiger partial charge in [0.2, 0.25) is 17.8 Å². The van der Waals surface area contributed by atoms with Crippen molar-refractivity contribution in [3.05, 3.63) is 77.9 Å². The zero-order valence-corrected chi connectivity index (χ0v) is 18.4. The van der Waals surface area contributed by atoms with Crippen molar-refractivity contribution < 1.29 is 4.74 Å². The van der Waals surface area contributed by atoms with Crippen molar-refractivity contribution in [2.75, 3.05) is 41.9 Å². The predicted octanol–water partition coefficient (Wildman–Crippen LogP) is 4.36. The van der Waals surface area contributed by atoms with Gasteiger partial charge in [0.25, 0.3) is 0 Å². The lowest BCUT2D eigenvalue weighted by Crippen LogP contribution is -2.37. The Bertz CT molecular complexity index is 1260. The largest absolute Gasteiger partial charge is 0.378 e. The second-order valence-electron chi connectivity index (χ2n) is 7.81. The van der Waals surface area contributed by atoms with Gasteiger partial charge in [-0.3, -0.25) is 0 Å². The molecule has 1 saturated heterocycles. The highest BCUT2D eigenvalue weighted by atomic mass is 16.5. The van der Waals surface area contributed by atoms with Crippen LogP contribution in [0.15, 0.2) is 71.8 Å². The number of aryl methyl sites for hydroxylation is 1. The molecule has 0 saturated carbocycles. The number of fused-ring (bicyclic) bond motifs is 1. The summed E-state index contributed by atoms with van der Waals surface area (Å²) in [4.78, 5) is 15.9. The second kappa shape index (κ2) is 9.62. The van der Waals surface area contributed by atoms with E-state index in [0.717, 1.165) is 35.1 Å². The highest BCUT2D eigenvalue weighted by Crippen LogP contribution is 2.26. The molecule has 0 atom stereocenters. The first-order valence-electron chi connectivity index (χ1n) is 10.9. The lowest BCUT2D eigenvalue weighted by Gasteiger charge is -2.27. The number of ether oxygens (including phenoxy) is 1. The number of nitrogens with one attached hydrogen (secondary N) is 2. The van der Waals surface area contributed by atoms with Crippen LogP contribution in [0.4, 0.5) is 23.5 Å². The van der Waals surface area contributed by atoms with Gasteiger partial charge in [-0.15, -0.1) is 0 Å². The summed E-state index contributed by atoms with van der Waals surface area (Å²) < 4.78 is 5.48. The molecule has 0 amide bonds. The molecule has 8 nitrogen and oxygen atoms in total. The van der Waals surface area contributed by atoms with Gasteiger partial charge in [0.15, 0.2) is 0 Å². The zero-order chi connectivity index (χ0) is 22.5. The van der Waals surface area contributed by atoms with E-state index in [1.54, 1.807) is 6.21 Å². The Balaban J connectivity index is 1.44. The van der Waals surface area contributed by atoms with E-state index < -0.39 is 0 Å². The molecule has 5 rings (SSSR count). The van der Waals surface area contributed by atoms with Crippen molar-refractivity contribution in [1.82, 2.24) is 15.0 Å². The van der Waals surface area contributed by atoms with Crippen LogP contribution in [0, 0.1) is 6.92 Å². The molecular formula is C25H25N7O. The number of anilines is 4. The van der Waals surface area contributed by atoms with E-state index in [4.69, 9.17) is 4.74 Å². The molecule has 0 radical (unpaired) electrons. The SMILES string of the molecule is Cc1ccc(C=NNc2nc(Nc3cccc4ccccc34)nc(N3CCOCC3)n2)cc1. The van der Waals surface area contributed by atoms with Crippen LogP contribution in [0.5, 0.6) is 0 Å². The molecule has 166 valence electrons. The third-order valence-corrected chi connectivity index (χ3v) is 5.41. The predicted molar refractivity (Wildman–Crippen MR) is 132 cm³/mol. The van der Waals surface area contributed by atoms with Crippen molar-refractivity contribution in [3.63, 3.8) is 0 Å². The summed E-state index contributed by atoms with van der Waals surface area (Å²) >= 11 is 0. The fraction of sp³-hybridized carbons (Fsp3) is 0.200. The summed E-state index contributed by atoms with van der Waals surface area (Å²) in [6, 6.07) is 22.4. The quantitative estimate of drug-likeness (QED) is 0.341. The number of hydrogen-bond donors (Lipinski definition) is 2. The highest BCUT2D eigenvalue weighted by Gasteiger charge is 2.17. The van der Waals surface area contributed by atoms with E-state index >= 15 is 0 Å². The van der Waals surface area contributed by atoms with E-state index in [1.807, 2.05) is 48.5 Å². The average molecular weight is 440 g/mol. The smallest absolute Gasteiger partial charge is 0.250 e. The monoisotopic (exact) mass is 439 g/mol. The van der Waals surface area contributed by atoms with Crippen molar-refractivity contribution in [2.45, 2.75) is 6.92 Å². The highest BCUT2D eigenvalue weighted by molar-refractivity contribution is 5.94. The summed E-state index contributed by atoms with van der Waals surface area (Å²) in [5, 5.41) is 9.94. The topological polar surface area (TPSA) is 87.6 Å². The van der Waals surface area contributed by atoms with Gasteiger partial charge in [0, 0.05) is 24.2 Å². The molecule has 1 aromatic heterocycles. The number of benzene rings is 3. The minimum absolute atomic E-state index is 0.373. The van der Waals surface area contributed by atoms with Gasteiger partial charge in [-0.1, -0.05) is 66.2 Å². The Morgan fingerprint density at radius 1 is 0.879 bits per heavy atom. The van der Waals surface area contributed by atoms with E-state index in [2.05, 4.69) is 60.8 Å². The fourth-order valence-corrected chi connectivity index (χ4v) is 3.65. The Kier molecular flexibility index (Phi) is 6.08. The number of rotatable bonds is 6. The molecule has 1 aliphatic heterocycles. The van der Waals surface area contributed by atoms with Crippen molar-refractivity contribution >= 4 is 40.5 Å². The summed E-state index contributed by atoms with van der Waals surface area (Å²) in [6.07, 6.45) is 1.75. The molecule has 2 N–H and O–H groups in total. The van der Waals surface area contributed by atoms with Crippen LogP contribution >= 0.6 is 0 Å².